The van der Waals surface area contributed by atoms with E-state index in [1.165, 1.54) is 0 Å². The van der Waals surface area contributed by atoms with Crippen LogP contribution in [-0.4, -0.2) is 87.5 Å². The molecule has 246 valence electrons. The molecule has 3 aliphatic rings. The molecule has 0 aromatic heterocycles. The second-order valence-corrected chi connectivity index (χ2v) is 14.7. The summed E-state index contributed by atoms with van der Waals surface area (Å²) in [6.45, 7) is 17.2. The molecule has 1 N–H and O–H groups in total. The number of aliphatic hydroxyl groups excluding tert-OH is 1. The molecule has 2 aromatic rings. The third kappa shape index (κ3) is 5.88. The summed E-state index contributed by atoms with van der Waals surface area (Å²) in [7, 11) is 0. The topological polar surface area (TPSA) is 84.4 Å². The molecule has 9 heteroatoms. The fourth-order valence-electron chi connectivity index (χ4n) is 7.98. The van der Waals surface area contributed by atoms with E-state index in [0.29, 0.717) is 25.9 Å². The molecule has 3 amide bonds. The number of nitrogens with zero attached hydrogens (tertiary/aromatic N) is 4. The Hall–Kier alpha value is -3.56. The van der Waals surface area contributed by atoms with Crippen LogP contribution < -0.4 is 9.80 Å². The summed E-state index contributed by atoms with van der Waals surface area (Å²) in [6.07, 6.45) is 5.21. The van der Waals surface area contributed by atoms with Crippen LogP contribution in [0, 0.1) is 11.8 Å². The molecule has 3 heterocycles. The average molecular weight is 645 g/mol. The Bertz CT molecular complexity index is 1430. The number of amides is 3. The summed E-state index contributed by atoms with van der Waals surface area (Å²) >= 11 is 1.67. The molecule has 8 nitrogen and oxygen atoms in total. The van der Waals surface area contributed by atoms with Crippen LogP contribution in [0.25, 0.3) is 0 Å². The summed E-state index contributed by atoms with van der Waals surface area (Å²) in [5, 5.41) is 9.78. The zero-order valence-electron chi connectivity index (χ0n) is 27.4. The number of hydrogen-bond donors (Lipinski definition) is 1. The maximum absolute atomic E-state index is 14.9. The summed E-state index contributed by atoms with van der Waals surface area (Å²) in [5.41, 5.74) is 2.83. The van der Waals surface area contributed by atoms with E-state index in [1.807, 2.05) is 54.6 Å². The molecular formula is C37H48N4O4S. The molecule has 2 unspecified atom stereocenters. The third-order valence-electron chi connectivity index (χ3n) is 10.1. The predicted molar refractivity (Wildman–Crippen MR) is 187 cm³/mol. The van der Waals surface area contributed by atoms with Gasteiger partial charge in [-0.2, -0.15) is 0 Å². The van der Waals surface area contributed by atoms with E-state index in [1.54, 1.807) is 38.6 Å². The molecule has 3 saturated heterocycles. The third-order valence-corrected chi connectivity index (χ3v) is 12.1. The second kappa shape index (κ2) is 14.1. The number of carbonyl (C=O) groups excluding carboxylic acids is 3. The fourth-order valence-corrected chi connectivity index (χ4v) is 10.3. The van der Waals surface area contributed by atoms with Crippen molar-refractivity contribution in [1.29, 1.82) is 0 Å². The molecule has 46 heavy (non-hydrogen) atoms. The zero-order chi connectivity index (χ0) is 33.1. The SMILES string of the molecule is C=CCN(Cc1ccccc1)C(=O)[C@@H]1[C@H]2C(=O)N(CCCO)C(C(=O)N(CC=C)c3ccc(N(CC)CC)cc3)C23CC[C@@]1(C)S3. The van der Waals surface area contributed by atoms with Gasteiger partial charge in [-0.1, -0.05) is 42.5 Å². The minimum atomic E-state index is -0.759. The quantitative estimate of drug-likeness (QED) is 0.271. The van der Waals surface area contributed by atoms with Crippen LogP contribution >= 0.6 is 11.8 Å². The lowest BCUT2D eigenvalue weighted by molar-refractivity contribution is -0.145. The lowest BCUT2D eigenvalue weighted by Crippen LogP contribution is -2.55. The van der Waals surface area contributed by atoms with Crippen molar-refractivity contribution in [3.8, 4) is 0 Å². The van der Waals surface area contributed by atoms with Crippen LogP contribution in [0.3, 0.4) is 0 Å². The van der Waals surface area contributed by atoms with Gasteiger partial charge in [0.25, 0.3) is 5.91 Å². The zero-order valence-corrected chi connectivity index (χ0v) is 28.3. The molecule has 1 spiro atoms. The molecular weight excluding hydrogens is 596 g/mol. The Morgan fingerprint density at radius 2 is 1.63 bits per heavy atom. The number of likely N-dealkylation sites (tertiary alicyclic amines) is 1. The molecule has 0 saturated carbocycles. The molecule has 2 bridgehead atoms. The molecule has 5 atom stereocenters. The summed E-state index contributed by atoms with van der Waals surface area (Å²) in [6, 6.07) is 17.1. The van der Waals surface area contributed by atoms with Crippen LogP contribution in [0.4, 0.5) is 11.4 Å². The van der Waals surface area contributed by atoms with Gasteiger partial charge >= 0.3 is 0 Å². The van der Waals surface area contributed by atoms with E-state index < -0.39 is 27.4 Å². The van der Waals surface area contributed by atoms with Crippen molar-refractivity contribution < 1.29 is 19.5 Å². The van der Waals surface area contributed by atoms with Crippen LogP contribution in [0.15, 0.2) is 79.9 Å². The highest BCUT2D eigenvalue weighted by Gasteiger charge is 2.77. The largest absolute Gasteiger partial charge is 0.396 e. The van der Waals surface area contributed by atoms with Crippen molar-refractivity contribution in [2.45, 2.75) is 62.1 Å². The summed E-state index contributed by atoms with van der Waals surface area (Å²) in [4.78, 5) is 51.4. The Balaban J connectivity index is 1.52. The summed E-state index contributed by atoms with van der Waals surface area (Å²) < 4.78 is -1.23. The molecule has 3 aliphatic heterocycles. The van der Waals surface area contributed by atoms with Crippen LogP contribution in [-0.2, 0) is 20.9 Å². The Morgan fingerprint density at radius 1 is 0.978 bits per heavy atom. The average Bonchev–Trinajstić information content (AvgIpc) is 3.63. The first-order valence-corrected chi connectivity index (χ1v) is 17.3. The second-order valence-electron chi connectivity index (χ2n) is 12.8. The van der Waals surface area contributed by atoms with Crippen molar-refractivity contribution in [2.24, 2.45) is 11.8 Å². The Kier molecular flexibility index (Phi) is 10.3. The number of carbonyl (C=O) groups is 3. The monoisotopic (exact) mass is 644 g/mol. The summed E-state index contributed by atoms with van der Waals surface area (Å²) in [5.74, 6) is -1.59. The fraction of sp³-hybridized carbons (Fsp3) is 0.486. The standard InChI is InChI=1S/C37H48N4O4S/c1-6-22-39(26-27-14-11-10-12-15-27)33(43)30-31-34(44)41(24-13-25-42)32(37(31)21-20-36(30,5)46-37)35(45)40(23-7-2)29-18-16-28(17-19-29)38(8-3)9-4/h6-7,10-12,14-19,30-32,42H,1-2,8-9,13,20-26H2,3-5H3/t30-,31-,32?,36+,37?/m0/s1. The van der Waals surface area contributed by atoms with Crippen molar-refractivity contribution in [2.75, 3.05) is 49.1 Å². The maximum Gasteiger partial charge on any atom is 0.251 e. The minimum absolute atomic E-state index is 0.0659. The van der Waals surface area contributed by atoms with Crippen molar-refractivity contribution in [3.05, 3.63) is 85.5 Å². The number of benzene rings is 2. The molecule has 0 radical (unpaired) electrons. The van der Waals surface area contributed by atoms with Crippen molar-refractivity contribution in [1.82, 2.24) is 9.80 Å². The first-order chi connectivity index (χ1) is 22.2. The number of hydrogen-bond acceptors (Lipinski definition) is 6. The van der Waals surface area contributed by atoms with E-state index in [4.69, 9.17) is 0 Å². The Morgan fingerprint density at radius 3 is 2.24 bits per heavy atom. The van der Waals surface area contributed by atoms with Crippen LogP contribution in [0.1, 0.15) is 45.6 Å². The predicted octanol–water partition coefficient (Wildman–Crippen LogP) is 5.13. The first-order valence-electron chi connectivity index (χ1n) is 16.5. The van der Waals surface area contributed by atoms with Crippen molar-refractivity contribution in [3.63, 3.8) is 0 Å². The van der Waals surface area contributed by atoms with E-state index in [0.717, 1.165) is 36.4 Å². The van der Waals surface area contributed by atoms with Gasteiger partial charge in [-0.3, -0.25) is 14.4 Å². The lowest BCUT2D eigenvalue weighted by atomic mass is 9.66. The number of fused-ring (bicyclic) bond motifs is 1. The number of thioether (sulfide) groups is 1. The van der Waals surface area contributed by atoms with E-state index in [9.17, 15) is 19.5 Å². The Labute approximate surface area is 278 Å². The van der Waals surface area contributed by atoms with E-state index >= 15 is 0 Å². The number of anilines is 2. The van der Waals surface area contributed by atoms with Crippen molar-refractivity contribution >= 4 is 40.9 Å². The van der Waals surface area contributed by atoms with Gasteiger partial charge in [0, 0.05) is 62.0 Å². The highest BCUT2D eigenvalue weighted by molar-refractivity contribution is 8.02. The van der Waals surface area contributed by atoms with E-state index in [2.05, 4.69) is 38.8 Å². The smallest absolute Gasteiger partial charge is 0.251 e. The highest BCUT2D eigenvalue weighted by Crippen LogP contribution is 2.71. The van der Waals surface area contributed by atoms with Gasteiger partial charge in [-0.15, -0.1) is 24.9 Å². The number of aliphatic hydroxyl groups is 1. The van der Waals surface area contributed by atoms with Gasteiger partial charge in [0.2, 0.25) is 11.8 Å². The van der Waals surface area contributed by atoms with Gasteiger partial charge in [-0.25, -0.2) is 0 Å². The van der Waals surface area contributed by atoms with Gasteiger partial charge in [0.1, 0.15) is 6.04 Å². The van der Waals surface area contributed by atoms with Gasteiger partial charge < -0.3 is 24.7 Å². The van der Waals surface area contributed by atoms with E-state index in [-0.39, 0.29) is 37.4 Å². The lowest BCUT2D eigenvalue weighted by Gasteiger charge is -2.38. The molecule has 0 aliphatic carbocycles. The van der Waals surface area contributed by atoms with Gasteiger partial charge in [0.15, 0.2) is 0 Å². The molecule has 2 aromatic carbocycles. The normalized spacial score (nSPS) is 26.1. The molecule has 3 fully saturated rings. The van der Waals surface area contributed by atoms with Crippen LogP contribution in [0.5, 0.6) is 0 Å². The molecule has 5 rings (SSSR count). The number of rotatable bonds is 15. The minimum Gasteiger partial charge on any atom is -0.396 e. The van der Waals surface area contributed by atoms with Gasteiger partial charge in [0.05, 0.1) is 16.6 Å². The first kappa shape index (κ1) is 33.8. The van der Waals surface area contributed by atoms with Gasteiger partial charge in [-0.05, 0) is 69.9 Å². The maximum atomic E-state index is 14.9. The highest BCUT2D eigenvalue weighted by atomic mass is 32.2. The van der Waals surface area contributed by atoms with Crippen LogP contribution in [0.2, 0.25) is 0 Å².